The van der Waals surface area contributed by atoms with Gasteiger partial charge in [-0.25, -0.2) is 4.98 Å². The lowest BCUT2D eigenvalue weighted by molar-refractivity contribution is -0.00309. The average molecular weight is 372 g/mol. The first-order chi connectivity index (χ1) is 13.6. The highest BCUT2D eigenvalue weighted by Gasteiger charge is 2.34. The highest BCUT2D eigenvalue weighted by Crippen LogP contribution is 2.37. The van der Waals surface area contributed by atoms with E-state index >= 15 is 0 Å². The largest absolute Gasteiger partial charge is 0.371 e. The van der Waals surface area contributed by atoms with Gasteiger partial charge in [-0.05, 0) is 37.6 Å². The number of hydrogen-bond acceptors (Lipinski definition) is 5. The van der Waals surface area contributed by atoms with Crippen molar-refractivity contribution in [3.05, 3.63) is 66.3 Å². The second-order valence-corrected chi connectivity index (χ2v) is 8.23. The van der Waals surface area contributed by atoms with Gasteiger partial charge in [0.2, 0.25) is 0 Å². The molecule has 28 heavy (non-hydrogen) atoms. The first-order valence-corrected chi connectivity index (χ1v) is 9.84. The van der Waals surface area contributed by atoms with Crippen molar-refractivity contribution in [1.82, 2.24) is 15.0 Å². The summed E-state index contributed by atoms with van der Waals surface area (Å²) in [7, 11) is 0. The monoisotopic (exact) mass is 372 g/mol. The van der Waals surface area contributed by atoms with E-state index in [4.69, 9.17) is 14.7 Å². The van der Waals surface area contributed by atoms with E-state index in [-0.39, 0.29) is 5.60 Å². The van der Waals surface area contributed by atoms with Crippen LogP contribution in [0.15, 0.2) is 54.9 Å². The number of aromatic nitrogens is 3. The number of fused-ring (bicyclic) bond motifs is 1. The second-order valence-electron chi connectivity index (χ2n) is 8.23. The predicted octanol–water partition coefficient (Wildman–Crippen LogP) is 4.21. The maximum absolute atomic E-state index is 5.83. The molecule has 2 aliphatic heterocycles. The minimum Gasteiger partial charge on any atom is -0.371 e. The van der Waals surface area contributed by atoms with Crippen molar-refractivity contribution in [1.29, 1.82) is 0 Å². The van der Waals surface area contributed by atoms with Crippen molar-refractivity contribution >= 4 is 22.3 Å². The summed E-state index contributed by atoms with van der Waals surface area (Å²) in [4.78, 5) is 16.5. The van der Waals surface area contributed by atoms with Crippen LogP contribution in [0.4, 0.5) is 5.82 Å². The number of hydrogen-bond donors (Lipinski definition) is 0. The van der Waals surface area contributed by atoms with Gasteiger partial charge in [-0.2, -0.15) is 0 Å². The van der Waals surface area contributed by atoms with Crippen LogP contribution in [-0.2, 0) is 4.74 Å². The Hall–Kier alpha value is -2.79. The Kier molecular flexibility index (Phi) is 4.13. The van der Waals surface area contributed by atoms with E-state index in [9.17, 15) is 0 Å². The van der Waals surface area contributed by atoms with Crippen molar-refractivity contribution in [2.45, 2.75) is 31.8 Å². The average Bonchev–Trinajstić information content (AvgIpc) is 2.66. The molecule has 2 aliphatic rings. The third kappa shape index (κ3) is 3.16. The topological polar surface area (TPSA) is 51.1 Å². The standard InChI is InChI=1S/C23H24N4O/c1-23(2)13-17(9-12-28-23)21-22(25-11-10-24-21)18-14-27(15-18)20-8-7-16-5-3-4-6-19(16)26-20/h3-11,18H,12-15H2,1-2H3. The van der Waals surface area contributed by atoms with Crippen LogP contribution in [0.25, 0.3) is 16.5 Å². The van der Waals surface area contributed by atoms with Gasteiger partial charge in [0.05, 0.1) is 29.1 Å². The lowest BCUT2D eigenvalue weighted by Gasteiger charge is -2.40. The van der Waals surface area contributed by atoms with Gasteiger partial charge < -0.3 is 9.64 Å². The Balaban J connectivity index is 1.37. The maximum Gasteiger partial charge on any atom is 0.129 e. The number of pyridine rings is 1. The van der Waals surface area contributed by atoms with Crippen LogP contribution in [0.1, 0.15) is 37.6 Å². The van der Waals surface area contributed by atoms with Gasteiger partial charge in [-0.1, -0.05) is 24.3 Å². The van der Waals surface area contributed by atoms with Gasteiger partial charge in [-0.15, -0.1) is 0 Å². The molecule has 0 bridgehead atoms. The molecule has 5 rings (SSSR count). The number of nitrogens with zero attached hydrogens (tertiary/aromatic N) is 4. The van der Waals surface area contributed by atoms with Gasteiger partial charge >= 0.3 is 0 Å². The zero-order valence-electron chi connectivity index (χ0n) is 16.3. The molecule has 142 valence electrons. The molecule has 0 N–H and O–H groups in total. The Morgan fingerprint density at radius 3 is 2.71 bits per heavy atom. The van der Waals surface area contributed by atoms with Crippen LogP contribution >= 0.6 is 0 Å². The summed E-state index contributed by atoms with van der Waals surface area (Å²) >= 11 is 0. The van der Waals surface area contributed by atoms with E-state index in [1.807, 2.05) is 12.1 Å². The summed E-state index contributed by atoms with van der Waals surface area (Å²) < 4.78 is 5.83. The molecule has 5 heteroatoms. The van der Waals surface area contributed by atoms with Crippen molar-refractivity contribution < 1.29 is 4.74 Å². The molecule has 0 atom stereocenters. The van der Waals surface area contributed by atoms with Gasteiger partial charge in [0.15, 0.2) is 0 Å². The fraction of sp³-hybridized carbons (Fsp3) is 0.348. The van der Waals surface area contributed by atoms with E-state index in [0.29, 0.717) is 12.5 Å². The van der Waals surface area contributed by atoms with Crippen molar-refractivity contribution in [2.24, 2.45) is 0 Å². The highest BCUT2D eigenvalue weighted by molar-refractivity contribution is 5.80. The number of rotatable bonds is 3. The quantitative estimate of drug-likeness (QED) is 0.689. The third-order valence-corrected chi connectivity index (χ3v) is 5.63. The Labute approximate surface area is 165 Å². The molecule has 4 heterocycles. The van der Waals surface area contributed by atoms with Crippen LogP contribution in [0.3, 0.4) is 0 Å². The van der Waals surface area contributed by atoms with E-state index in [1.54, 1.807) is 12.4 Å². The summed E-state index contributed by atoms with van der Waals surface area (Å²) in [5.41, 5.74) is 4.28. The molecular weight excluding hydrogens is 348 g/mol. The van der Waals surface area contributed by atoms with Gasteiger partial charge in [0.1, 0.15) is 5.82 Å². The van der Waals surface area contributed by atoms with Gasteiger partial charge in [0.25, 0.3) is 0 Å². The Morgan fingerprint density at radius 2 is 1.86 bits per heavy atom. The fourth-order valence-corrected chi connectivity index (χ4v) is 4.10. The molecule has 1 saturated heterocycles. The van der Waals surface area contributed by atoms with Crippen molar-refractivity contribution in [3.63, 3.8) is 0 Å². The summed E-state index contributed by atoms with van der Waals surface area (Å²) in [5.74, 6) is 1.41. The lowest BCUT2D eigenvalue weighted by Crippen LogP contribution is -2.46. The summed E-state index contributed by atoms with van der Waals surface area (Å²) in [6.07, 6.45) is 6.62. The van der Waals surface area contributed by atoms with Crippen LogP contribution < -0.4 is 4.90 Å². The highest BCUT2D eigenvalue weighted by atomic mass is 16.5. The van der Waals surface area contributed by atoms with Crippen LogP contribution in [-0.4, -0.2) is 40.2 Å². The van der Waals surface area contributed by atoms with Gasteiger partial charge in [0, 0.05) is 43.2 Å². The molecule has 5 nitrogen and oxygen atoms in total. The number of para-hydroxylation sites is 1. The molecule has 3 aromatic rings. The zero-order valence-corrected chi connectivity index (χ0v) is 16.3. The minimum absolute atomic E-state index is 0.153. The molecule has 0 aliphatic carbocycles. The molecule has 0 unspecified atom stereocenters. The number of ether oxygens (including phenoxy) is 1. The molecular formula is C23H24N4O. The first-order valence-electron chi connectivity index (χ1n) is 9.84. The van der Waals surface area contributed by atoms with Crippen LogP contribution in [0.5, 0.6) is 0 Å². The molecule has 0 spiro atoms. The number of anilines is 1. The second kappa shape index (κ2) is 6.67. The Morgan fingerprint density at radius 1 is 1.04 bits per heavy atom. The third-order valence-electron chi connectivity index (χ3n) is 5.63. The Bertz CT molecular complexity index is 1050. The molecule has 0 radical (unpaired) electrons. The first kappa shape index (κ1) is 17.3. The van der Waals surface area contributed by atoms with E-state index in [2.05, 4.69) is 54.1 Å². The lowest BCUT2D eigenvalue weighted by atomic mass is 9.88. The van der Waals surface area contributed by atoms with Crippen LogP contribution in [0.2, 0.25) is 0 Å². The molecule has 2 aromatic heterocycles. The minimum atomic E-state index is -0.153. The summed E-state index contributed by atoms with van der Waals surface area (Å²) in [6.45, 7) is 6.74. The predicted molar refractivity (Wildman–Crippen MR) is 111 cm³/mol. The SMILES string of the molecule is CC1(C)CC(c2nccnc2C2CN(c3ccc4ccccc4n3)C2)=CCO1. The molecule has 1 aromatic carbocycles. The smallest absolute Gasteiger partial charge is 0.129 e. The van der Waals surface area contributed by atoms with Crippen molar-refractivity contribution in [2.75, 3.05) is 24.6 Å². The molecule has 1 fully saturated rings. The number of benzene rings is 1. The van der Waals surface area contributed by atoms with Crippen molar-refractivity contribution in [3.8, 4) is 0 Å². The zero-order chi connectivity index (χ0) is 19.1. The van der Waals surface area contributed by atoms with Crippen LogP contribution in [0, 0.1) is 0 Å². The van der Waals surface area contributed by atoms with Gasteiger partial charge in [-0.3, -0.25) is 9.97 Å². The maximum atomic E-state index is 5.83. The van der Waals surface area contributed by atoms with E-state index in [1.165, 1.54) is 11.0 Å². The fourth-order valence-electron chi connectivity index (χ4n) is 4.10. The summed E-state index contributed by atoms with van der Waals surface area (Å²) in [5, 5.41) is 1.17. The molecule has 0 amide bonds. The van der Waals surface area contributed by atoms with E-state index < -0.39 is 0 Å². The summed E-state index contributed by atoms with van der Waals surface area (Å²) in [6, 6.07) is 12.5. The molecule has 0 saturated carbocycles. The normalized spacial score (nSPS) is 19.4. The van der Waals surface area contributed by atoms with E-state index in [0.717, 1.165) is 42.2 Å².